The highest BCUT2D eigenvalue weighted by atomic mass is 35.5. The van der Waals surface area contributed by atoms with Crippen LogP contribution in [0.3, 0.4) is 0 Å². The molecule has 11 heteroatoms. The third-order valence-electron chi connectivity index (χ3n) is 4.05. The van der Waals surface area contributed by atoms with Crippen molar-refractivity contribution >= 4 is 50.0 Å². The van der Waals surface area contributed by atoms with Gasteiger partial charge in [-0.3, -0.25) is 9.20 Å². The van der Waals surface area contributed by atoms with E-state index in [4.69, 9.17) is 11.6 Å². The largest absolute Gasteiger partial charge is 0.288 e. The fraction of sp³-hybridized carbons (Fsp3) is 0.235. The zero-order valence-corrected chi connectivity index (χ0v) is 17.6. The fourth-order valence-corrected chi connectivity index (χ4v) is 5.11. The number of nitrogens with one attached hydrogen (secondary N) is 1. The highest BCUT2D eigenvalue weighted by Gasteiger charge is 2.22. The van der Waals surface area contributed by atoms with Crippen LogP contribution in [0.15, 0.2) is 45.8 Å². The molecule has 148 valence electrons. The van der Waals surface area contributed by atoms with E-state index >= 15 is 0 Å². The van der Waals surface area contributed by atoms with E-state index in [-0.39, 0.29) is 15.6 Å². The number of sulfonamides is 1. The van der Waals surface area contributed by atoms with Gasteiger partial charge in [0, 0.05) is 30.2 Å². The Bertz CT molecular complexity index is 1130. The summed E-state index contributed by atoms with van der Waals surface area (Å²) in [7, 11) is -3.65. The van der Waals surface area contributed by atoms with Crippen molar-refractivity contribution in [3.05, 3.63) is 52.3 Å². The van der Waals surface area contributed by atoms with Gasteiger partial charge < -0.3 is 0 Å². The first-order valence-corrected chi connectivity index (χ1v) is 11.1. The van der Waals surface area contributed by atoms with Gasteiger partial charge in [0.05, 0.1) is 11.1 Å². The molecule has 0 aliphatic carbocycles. The second-order valence-electron chi connectivity index (χ2n) is 5.66. The van der Waals surface area contributed by atoms with Crippen LogP contribution in [0.1, 0.15) is 29.9 Å². The number of fused-ring (bicyclic) bond motifs is 1. The number of carbonyl (C=O) groups is 1. The number of imidazole rings is 1. The minimum absolute atomic E-state index is 0.0617. The molecule has 0 atom stereocenters. The molecule has 0 unspecified atom stereocenters. The van der Waals surface area contributed by atoms with Crippen LogP contribution < -0.4 is 5.43 Å². The van der Waals surface area contributed by atoms with Gasteiger partial charge in [-0.15, -0.1) is 11.3 Å². The first kappa shape index (κ1) is 20.5. The molecule has 1 amide bonds. The summed E-state index contributed by atoms with van der Waals surface area (Å²) in [6.45, 7) is 4.22. The van der Waals surface area contributed by atoms with Crippen molar-refractivity contribution in [2.24, 2.45) is 5.10 Å². The number of rotatable bonds is 7. The number of amides is 1. The molecule has 1 N–H and O–H groups in total. The van der Waals surface area contributed by atoms with Crippen LogP contribution in [0.4, 0.5) is 0 Å². The molecule has 0 saturated carbocycles. The van der Waals surface area contributed by atoms with Gasteiger partial charge in [-0.2, -0.15) is 9.41 Å². The van der Waals surface area contributed by atoms with E-state index in [9.17, 15) is 13.2 Å². The van der Waals surface area contributed by atoms with Crippen molar-refractivity contribution in [3.8, 4) is 0 Å². The highest BCUT2D eigenvalue weighted by molar-refractivity contribution is 7.89. The third kappa shape index (κ3) is 3.95. The number of nitrogens with zero attached hydrogens (tertiary/aromatic N) is 4. The van der Waals surface area contributed by atoms with E-state index in [0.29, 0.717) is 23.7 Å². The third-order valence-corrected chi connectivity index (χ3v) is 7.13. The summed E-state index contributed by atoms with van der Waals surface area (Å²) < 4.78 is 28.3. The first-order valence-electron chi connectivity index (χ1n) is 8.43. The molecule has 0 aliphatic rings. The van der Waals surface area contributed by atoms with Crippen molar-refractivity contribution in [1.29, 1.82) is 0 Å². The summed E-state index contributed by atoms with van der Waals surface area (Å²) in [6.07, 6.45) is 3.19. The van der Waals surface area contributed by atoms with E-state index in [1.165, 1.54) is 46.1 Å². The number of hydrazone groups is 1. The van der Waals surface area contributed by atoms with Crippen molar-refractivity contribution in [2.75, 3.05) is 13.1 Å². The number of hydrogen-bond donors (Lipinski definition) is 1. The van der Waals surface area contributed by atoms with Crippen molar-refractivity contribution in [2.45, 2.75) is 18.7 Å². The monoisotopic (exact) mass is 439 g/mol. The lowest BCUT2D eigenvalue weighted by Gasteiger charge is -2.18. The summed E-state index contributed by atoms with van der Waals surface area (Å²) in [4.78, 5) is 17.3. The topological polar surface area (TPSA) is 96.1 Å². The second-order valence-corrected chi connectivity index (χ2v) is 8.83. The number of thiazole rings is 1. The van der Waals surface area contributed by atoms with Crippen LogP contribution in [0, 0.1) is 0 Å². The highest BCUT2D eigenvalue weighted by Crippen LogP contribution is 2.20. The van der Waals surface area contributed by atoms with Gasteiger partial charge in [-0.25, -0.2) is 18.8 Å². The summed E-state index contributed by atoms with van der Waals surface area (Å²) >= 11 is 7.50. The van der Waals surface area contributed by atoms with Crippen LogP contribution in [0.2, 0.25) is 5.15 Å². The molecule has 0 bridgehead atoms. The molecule has 0 spiro atoms. The predicted octanol–water partition coefficient (Wildman–Crippen LogP) is 2.84. The van der Waals surface area contributed by atoms with E-state index in [0.717, 1.165) is 0 Å². The zero-order chi connectivity index (χ0) is 20.3. The summed E-state index contributed by atoms with van der Waals surface area (Å²) in [6, 6.07) is 5.85. The quantitative estimate of drug-likeness (QED) is 0.452. The van der Waals surface area contributed by atoms with Gasteiger partial charge in [0.15, 0.2) is 10.1 Å². The summed E-state index contributed by atoms with van der Waals surface area (Å²) in [5.74, 6) is -0.532. The molecule has 0 fully saturated rings. The standard InChI is InChI=1S/C17H18ClN5O3S2/c1-3-22(4-2)28(25,26)13-7-5-6-12(10-13)16(24)21-19-11-14-15(18)20-17-23(14)8-9-27-17/h5-11H,3-4H2,1-2H3,(H,21,24)/b19-11+. The van der Waals surface area contributed by atoms with E-state index in [1.54, 1.807) is 24.4 Å². The van der Waals surface area contributed by atoms with Crippen molar-refractivity contribution in [1.82, 2.24) is 19.1 Å². The van der Waals surface area contributed by atoms with Crippen molar-refractivity contribution < 1.29 is 13.2 Å². The SMILES string of the molecule is CCN(CC)S(=O)(=O)c1cccc(C(=O)N/N=C/c2c(Cl)nc3sccn23)c1. The molecule has 3 aromatic rings. The lowest BCUT2D eigenvalue weighted by Crippen LogP contribution is -2.30. The number of carbonyl (C=O) groups excluding carboxylic acids is 1. The van der Waals surface area contributed by atoms with E-state index in [1.807, 2.05) is 5.38 Å². The lowest BCUT2D eigenvalue weighted by atomic mass is 10.2. The van der Waals surface area contributed by atoms with Crippen molar-refractivity contribution in [3.63, 3.8) is 0 Å². The van der Waals surface area contributed by atoms with Gasteiger partial charge in [-0.05, 0) is 18.2 Å². The molecule has 2 aromatic heterocycles. The minimum Gasteiger partial charge on any atom is -0.288 e. The molecular formula is C17H18ClN5O3S2. The molecule has 28 heavy (non-hydrogen) atoms. The number of aromatic nitrogens is 2. The fourth-order valence-electron chi connectivity index (χ4n) is 2.62. The summed E-state index contributed by atoms with van der Waals surface area (Å²) in [5.41, 5.74) is 3.11. The molecule has 0 saturated heterocycles. The Labute approximate surface area is 171 Å². The van der Waals surface area contributed by atoms with Gasteiger partial charge >= 0.3 is 0 Å². The Hall–Kier alpha value is -2.27. The minimum atomic E-state index is -3.65. The smallest absolute Gasteiger partial charge is 0.271 e. The molecule has 0 radical (unpaired) electrons. The van der Waals surface area contributed by atoms with Crippen LogP contribution in [0.5, 0.6) is 0 Å². The van der Waals surface area contributed by atoms with Crippen LogP contribution in [-0.4, -0.2) is 47.3 Å². The van der Waals surface area contributed by atoms with E-state index in [2.05, 4.69) is 15.5 Å². The Morgan fingerprint density at radius 2 is 2.14 bits per heavy atom. The lowest BCUT2D eigenvalue weighted by molar-refractivity contribution is 0.0955. The van der Waals surface area contributed by atoms with Crippen LogP contribution >= 0.6 is 22.9 Å². The van der Waals surface area contributed by atoms with Gasteiger partial charge in [0.2, 0.25) is 10.0 Å². The molecule has 2 heterocycles. The average Bonchev–Trinajstić information content (AvgIpc) is 3.24. The average molecular weight is 440 g/mol. The Morgan fingerprint density at radius 3 is 2.86 bits per heavy atom. The molecular weight excluding hydrogens is 422 g/mol. The maximum atomic E-state index is 12.6. The Balaban J connectivity index is 1.78. The normalized spacial score (nSPS) is 12.3. The van der Waals surface area contributed by atoms with Crippen LogP contribution in [0.25, 0.3) is 4.96 Å². The van der Waals surface area contributed by atoms with Gasteiger partial charge in [0.1, 0.15) is 5.69 Å². The number of hydrogen-bond acceptors (Lipinski definition) is 6. The maximum absolute atomic E-state index is 12.6. The molecule has 0 aliphatic heterocycles. The Morgan fingerprint density at radius 1 is 1.39 bits per heavy atom. The predicted molar refractivity (Wildman–Crippen MR) is 110 cm³/mol. The molecule has 1 aromatic carbocycles. The molecule has 8 nitrogen and oxygen atoms in total. The second kappa shape index (κ2) is 8.39. The van der Waals surface area contributed by atoms with Gasteiger partial charge in [-0.1, -0.05) is 31.5 Å². The molecule has 3 rings (SSSR count). The number of benzene rings is 1. The maximum Gasteiger partial charge on any atom is 0.271 e. The van der Waals surface area contributed by atoms with E-state index < -0.39 is 15.9 Å². The van der Waals surface area contributed by atoms with Crippen LogP contribution in [-0.2, 0) is 10.0 Å². The Kier molecular flexibility index (Phi) is 6.14. The summed E-state index contributed by atoms with van der Waals surface area (Å²) in [5, 5.41) is 6.05. The zero-order valence-electron chi connectivity index (χ0n) is 15.2. The van der Waals surface area contributed by atoms with Gasteiger partial charge in [0.25, 0.3) is 5.91 Å². The number of halogens is 1. The first-order chi connectivity index (χ1) is 13.4.